The van der Waals surface area contributed by atoms with Gasteiger partial charge in [0.15, 0.2) is 11.5 Å². The van der Waals surface area contributed by atoms with Crippen LogP contribution in [0.4, 0.5) is 0 Å². The molecule has 27 heavy (non-hydrogen) atoms. The number of nitrogens with zero attached hydrogens (tertiary/aromatic N) is 2. The Hall–Kier alpha value is -1.99. The molecule has 1 aliphatic rings. The Labute approximate surface area is 162 Å². The number of esters is 1. The van der Waals surface area contributed by atoms with Crippen LogP contribution < -0.4 is 14.2 Å². The Kier molecular flexibility index (Phi) is 7.33. The normalized spacial score (nSPS) is 16.1. The number of hydrogen-bond donors (Lipinski definition) is 0. The fourth-order valence-electron chi connectivity index (χ4n) is 3.19. The highest BCUT2D eigenvalue weighted by Crippen LogP contribution is 2.40. The fourth-order valence-corrected chi connectivity index (χ4v) is 3.19. The zero-order valence-electron chi connectivity index (χ0n) is 17.3. The first kappa shape index (κ1) is 21.3. The van der Waals surface area contributed by atoms with Crippen molar-refractivity contribution >= 4 is 5.97 Å². The highest BCUT2D eigenvalue weighted by molar-refractivity contribution is 5.72. The summed E-state index contributed by atoms with van der Waals surface area (Å²) in [5.41, 5.74) is 0.610. The van der Waals surface area contributed by atoms with Crippen molar-refractivity contribution < 1.29 is 23.7 Å². The maximum atomic E-state index is 12.0. The van der Waals surface area contributed by atoms with Gasteiger partial charge in [0.25, 0.3) is 0 Å². The number of methoxy groups -OCH3 is 3. The first-order valence-corrected chi connectivity index (χ1v) is 9.21. The van der Waals surface area contributed by atoms with E-state index in [0.29, 0.717) is 23.8 Å². The minimum Gasteiger partial charge on any atom is -0.493 e. The zero-order chi connectivity index (χ0) is 20.0. The highest BCUT2D eigenvalue weighted by atomic mass is 16.6. The van der Waals surface area contributed by atoms with Crippen LogP contribution in [-0.4, -0.2) is 75.4 Å². The molecule has 0 aromatic heterocycles. The molecule has 0 unspecified atom stereocenters. The second-order valence-corrected chi connectivity index (χ2v) is 7.63. The fraction of sp³-hybridized carbons (Fsp3) is 0.650. The van der Waals surface area contributed by atoms with Crippen molar-refractivity contribution in [3.05, 3.63) is 17.7 Å². The number of carbonyl (C=O) groups is 1. The molecule has 7 nitrogen and oxygen atoms in total. The molecule has 0 atom stereocenters. The van der Waals surface area contributed by atoms with Crippen LogP contribution in [0, 0.1) is 0 Å². The number of hydrogen-bond acceptors (Lipinski definition) is 7. The number of carbonyl (C=O) groups excluding carboxylic acids is 1. The van der Waals surface area contributed by atoms with Crippen molar-refractivity contribution in [1.29, 1.82) is 0 Å². The van der Waals surface area contributed by atoms with Crippen molar-refractivity contribution in [3.63, 3.8) is 0 Å². The molecule has 1 heterocycles. The van der Waals surface area contributed by atoms with Crippen molar-refractivity contribution in [1.82, 2.24) is 9.80 Å². The Bertz CT molecular complexity index is 634. The summed E-state index contributed by atoms with van der Waals surface area (Å²) in [5, 5.41) is 0. The molecule has 0 bridgehead atoms. The van der Waals surface area contributed by atoms with Gasteiger partial charge in [-0.05, 0) is 26.8 Å². The van der Waals surface area contributed by atoms with Gasteiger partial charge in [0, 0.05) is 38.3 Å². The second kappa shape index (κ2) is 9.28. The first-order valence-electron chi connectivity index (χ1n) is 9.21. The molecular weight excluding hydrogens is 348 g/mol. The molecule has 1 fully saturated rings. The van der Waals surface area contributed by atoms with Gasteiger partial charge < -0.3 is 18.9 Å². The van der Waals surface area contributed by atoms with Crippen LogP contribution in [0.5, 0.6) is 17.2 Å². The van der Waals surface area contributed by atoms with E-state index in [1.54, 1.807) is 21.3 Å². The summed E-state index contributed by atoms with van der Waals surface area (Å²) in [6, 6.07) is 3.91. The second-order valence-electron chi connectivity index (χ2n) is 7.63. The van der Waals surface area contributed by atoms with Gasteiger partial charge in [-0.3, -0.25) is 14.6 Å². The van der Waals surface area contributed by atoms with Gasteiger partial charge in [-0.25, -0.2) is 0 Å². The van der Waals surface area contributed by atoms with Crippen LogP contribution in [0.1, 0.15) is 26.3 Å². The summed E-state index contributed by atoms with van der Waals surface area (Å²) >= 11 is 0. The highest BCUT2D eigenvalue weighted by Gasteiger charge is 2.24. The summed E-state index contributed by atoms with van der Waals surface area (Å²) in [7, 11) is 4.86. The van der Waals surface area contributed by atoms with Crippen molar-refractivity contribution in [2.24, 2.45) is 0 Å². The molecule has 2 rings (SSSR count). The zero-order valence-corrected chi connectivity index (χ0v) is 17.3. The Morgan fingerprint density at radius 3 is 2.04 bits per heavy atom. The largest absolute Gasteiger partial charge is 0.493 e. The van der Waals surface area contributed by atoms with Crippen molar-refractivity contribution in [2.75, 3.05) is 54.1 Å². The van der Waals surface area contributed by atoms with Gasteiger partial charge in [-0.1, -0.05) is 6.07 Å². The molecular formula is C20H32N2O5. The van der Waals surface area contributed by atoms with Gasteiger partial charge >= 0.3 is 5.97 Å². The third-order valence-corrected chi connectivity index (χ3v) is 4.42. The lowest BCUT2D eigenvalue weighted by molar-refractivity contribution is -0.156. The van der Waals surface area contributed by atoms with Gasteiger partial charge in [0.05, 0.1) is 27.9 Å². The molecule has 0 spiro atoms. The third kappa shape index (κ3) is 6.01. The SMILES string of the molecule is COc1ccc(CN2CCN(CC(=O)OC(C)(C)C)CC2)c(OC)c1OC. The topological polar surface area (TPSA) is 60.5 Å². The van der Waals surface area contributed by atoms with Crippen molar-refractivity contribution in [3.8, 4) is 17.2 Å². The Morgan fingerprint density at radius 1 is 0.926 bits per heavy atom. The van der Waals surface area contributed by atoms with E-state index in [1.165, 1.54) is 0 Å². The van der Waals surface area contributed by atoms with Gasteiger partial charge in [-0.2, -0.15) is 0 Å². The summed E-state index contributed by atoms with van der Waals surface area (Å²) in [6.45, 7) is 10.2. The van der Waals surface area contributed by atoms with E-state index < -0.39 is 5.60 Å². The maximum absolute atomic E-state index is 12.0. The van der Waals surface area contributed by atoms with Crippen LogP contribution in [-0.2, 0) is 16.1 Å². The van der Waals surface area contributed by atoms with Crippen LogP contribution >= 0.6 is 0 Å². The van der Waals surface area contributed by atoms with Gasteiger partial charge in [0.2, 0.25) is 5.75 Å². The number of ether oxygens (including phenoxy) is 4. The van der Waals surface area contributed by atoms with E-state index in [4.69, 9.17) is 18.9 Å². The quantitative estimate of drug-likeness (QED) is 0.672. The average molecular weight is 380 g/mol. The monoisotopic (exact) mass is 380 g/mol. The summed E-state index contributed by atoms with van der Waals surface area (Å²) in [6.07, 6.45) is 0. The van der Waals surface area contributed by atoms with E-state index in [9.17, 15) is 4.79 Å². The minimum absolute atomic E-state index is 0.169. The third-order valence-electron chi connectivity index (χ3n) is 4.42. The first-order chi connectivity index (χ1) is 12.8. The molecule has 1 aromatic carbocycles. The molecule has 0 aliphatic carbocycles. The average Bonchev–Trinajstić information content (AvgIpc) is 2.61. The molecule has 1 aliphatic heterocycles. The maximum Gasteiger partial charge on any atom is 0.320 e. The van der Waals surface area contributed by atoms with E-state index in [2.05, 4.69) is 9.80 Å². The number of piperazine rings is 1. The van der Waals surface area contributed by atoms with Crippen LogP contribution in [0.3, 0.4) is 0 Å². The smallest absolute Gasteiger partial charge is 0.320 e. The lowest BCUT2D eigenvalue weighted by Gasteiger charge is -2.35. The Balaban J connectivity index is 1.93. The number of benzene rings is 1. The van der Waals surface area contributed by atoms with E-state index >= 15 is 0 Å². The molecule has 7 heteroatoms. The van der Waals surface area contributed by atoms with Crippen molar-refractivity contribution in [2.45, 2.75) is 32.9 Å². The van der Waals surface area contributed by atoms with Crippen LogP contribution in [0.25, 0.3) is 0 Å². The molecule has 1 aromatic rings. The van der Waals surface area contributed by atoms with Crippen LogP contribution in [0.2, 0.25) is 0 Å². The molecule has 0 saturated carbocycles. The summed E-state index contributed by atoms with van der Waals surface area (Å²) < 4.78 is 21.8. The summed E-state index contributed by atoms with van der Waals surface area (Å²) in [4.78, 5) is 16.5. The van der Waals surface area contributed by atoms with E-state index in [-0.39, 0.29) is 5.97 Å². The van der Waals surface area contributed by atoms with E-state index in [1.807, 2.05) is 32.9 Å². The van der Waals surface area contributed by atoms with Gasteiger partial charge in [-0.15, -0.1) is 0 Å². The minimum atomic E-state index is -0.442. The molecule has 0 N–H and O–H groups in total. The molecule has 0 radical (unpaired) electrons. The predicted octanol–water partition coefficient (Wildman–Crippen LogP) is 2.17. The lowest BCUT2D eigenvalue weighted by Crippen LogP contribution is -2.48. The van der Waals surface area contributed by atoms with E-state index in [0.717, 1.165) is 38.3 Å². The summed E-state index contributed by atoms with van der Waals surface area (Å²) in [5.74, 6) is 1.80. The predicted molar refractivity (Wildman–Crippen MR) is 104 cm³/mol. The lowest BCUT2D eigenvalue weighted by atomic mass is 10.1. The number of rotatable bonds is 7. The molecule has 1 saturated heterocycles. The molecule has 152 valence electrons. The standard InChI is InChI=1S/C20H32N2O5/c1-20(2,3)27-17(23)14-22-11-9-21(10-12-22)13-15-7-8-16(24-4)19(26-6)18(15)25-5/h7-8H,9-14H2,1-6H3. The molecule has 0 amide bonds. The Morgan fingerprint density at radius 2 is 1.52 bits per heavy atom. The van der Waals surface area contributed by atoms with Crippen LogP contribution in [0.15, 0.2) is 12.1 Å². The van der Waals surface area contributed by atoms with Gasteiger partial charge in [0.1, 0.15) is 5.60 Å².